The van der Waals surface area contributed by atoms with Crippen LogP contribution < -0.4 is 10.1 Å². The van der Waals surface area contributed by atoms with Gasteiger partial charge in [-0.3, -0.25) is 4.79 Å². The van der Waals surface area contributed by atoms with Crippen molar-refractivity contribution < 1.29 is 9.53 Å². The Bertz CT molecular complexity index is 1010. The number of hydrogen-bond donors (Lipinski definition) is 1. The number of ether oxygens (including phenoxy) is 1. The molecule has 1 heterocycles. The molecule has 1 saturated heterocycles. The van der Waals surface area contributed by atoms with Gasteiger partial charge in [-0.15, -0.1) is 0 Å². The molecule has 4 rings (SSSR count). The summed E-state index contributed by atoms with van der Waals surface area (Å²) < 4.78 is 5.75. The van der Waals surface area contributed by atoms with Crippen LogP contribution in [0.1, 0.15) is 108 Å². The number of nitrogens with zero attached hydrogens (tertiary/aromatic N) is 1. The van der Waals surface area contributed by atoms with Crippen molar-refractivity contribution in [2.45, 2.75) is 116 Å². The van der Waals surface area contributed by atoms with Gasteiger partial charge in [0, 0.05) is 30.1 Å². The fourth-order valence-corrected chi connectivity index (χ4v) is 6.39. The molecular formula is C33H48N2O2. The van der Waals surface area contributed by atoms with E-state index < -0.39 is 0 Å². The van der Waals surface area contributed by atoms with Gasteiger partial charge in [0.15, 0.2) is 0 Å². The third-order valence-electron chi connectivity index (χ3n) is 8.54. The Morgan fingerprint density at radius 2 is 1.78 bits per heavy atom. The van der Waals surface area contributed by atoms with E-state index in [1.807, 2.05) is 0 Å². The molecular weight excluding hydrogens is 456 g/mol. The van der Waals surface area contributed by atoms with Crippen LogP contribution in [-0.2, 0) is 16.8 Å². The predicted octanol–water partition coefficient (Wildman–Crippen LogP) is 7.56. The van der Waals surface area contributed by atoms with E-state index in [0.29, 0.717) is 11.9 Å². The lowest BCUT2D eigenvalue weighted by Crippen LogP contribution is -2.44. The zero-order chi connectivity index (χ0) is 26.4. The predicted molar refractivity (Wildman–Crippen MR) is 153 cm³/mol. The summed E-state index contributed by atoms with van der Waals surface area (Å²) >= 11 is 0. The van der Waals surface area contributed by atoms with Crippen LogP contribution in [-0.4, -0.2) is 30.0 Å². The van der Waals surface area contributed by atoms with E-state index in [2.05, 4.69) is 86.4 Å². The van der Waals surface area contributed by atoms with Crippen LogP contribution in [0.2, 0.25) is 0 Å². The number of methoxy groups -OCH3 is 1. The van der Waals surface area contributed by atoms with Crippen LogP contribution in [0.3, 0.4) is 0 Å². The lowest BCUT2D eigenvalue weighted by atomic mass is 9.86. The third kappa shape index (κ3) is 6.57. The topological polar surface area (TPSA) is 41.6 Å². The van der Waals surface area contributed by atoms with Crippen LogP contribution >= 0.6 is 0 Å². The minimum atomic E-state index is 0.0641. The Morgan fingerprint density at radius 3 is 2.43 bits per heavy atom. The molecule has 2 fully saturated rings. The van der Waals surface area contributed by atoms with Crippen LogP contribution in [0.25, 0.3) is 0 Å². The van der Waals surface area contributed by atoms with E-state index in [-0.39, 0.29) is 23.4 Å². The maximum absolute atomic E-state index is 14.1. The molecule has 3 unspecified atom stereocenters. The van der Waals surface area contributed by atoms with Crippen LogP contribution in [0.15, 0.2) is 48.5 Å². The molecule has 2 aromatic rings. The van der Waals surface area contributed by atoms with Crippen molar-refractivity contribution in [1.82, 2.24) is 10.2 Å². The molecule has 0 aromatic heterocycles. The number of amides is 1. The van der Waals surface area contributed by atoms with Gasteiger partial charge in [0.1, 0.15) is 5.75 Å². The zero-order valence-corrected chi connectivity index (χ0v) is 23.8. The van der Waals surface area contributed by atoms with Crippen molar-refractivity contribution in [2.75, 3.05) is 7.11 Å². The van der Waals surface area contributed by atoms with Crippen molar-refractivity contribution in [3.8, 4) is 5.75 Å². The number of unbranched alkanes of at least 4 members (excludes halogenated alkanes) is 1. The molecule has 0 bridgehead atoms. The Morgan fingerprint density at radius 1 is 1.05 bits per heavy atom. The van der Waals surface area contributed by atoms with Crippen LogP contribution in [0, 0.1) is 5.92 Å². The monoisotopic (exact) mass is 504 g/mol. The summed E-state index contributed by atoms with van der Waals surface area (Å²) in [4.78, 5) is 16.4. The molecule has 4 nitrogen and oxygen atoms in total. The molecule has 202 valence electrons. The first-order chi connectivity index (χ1) is 17.8. The standard InChI is InChI=1S/C33H48N2O2/c1-6-7-18-28-22-29(34-23-26-21-27(33(2,3)4)19-20-30(26)37-5)31(24-14-10-8-11-15-24)35(28)32(36)25-16-12-9-13-17-25/h8,10-11,14-15,19-21,25,28-29,31,34H,6-7,9,12-13,16-18,22-23H2,1-5H3. The molecule has 1 amide bonds. The van der Waals surface area contributed by atoms with E-state index in [4.69, 9.17) is 4.74 Å². The number of rotatable bonds is 9. The highest BCUT2D eigenvalue weighted by molar-refractivity contribution is 5.80. The number of carbonyl (C=O) groups is 1. The Balaban J connectivity index is 1.64. The van der Waals surface area contributed by atoms with Gasteiger partial charge in [-0.2, -0.15) is 0 Å². The van der Waals surface area contributed by atoms with Crippen LogP contribution in [0.5, 0.6) is 5.75 Å². The molecule has 4 heteroatoms. The average molecular weight is 505 g/mol. The number of benzene rings is 2. The van der Waals surface area contributed by atoms with E-state index in [1.165, 1.54) is 36.0 Å². The van der Waals surface area contributed by atoms with Gasteiger partial charge in [0.05, 0.1) is 13.2 Å². The molecule has 2 aliphatic rings. The summed E-state index contributed by atoms with van der Waals surface area (Å²) in [6.45, 7) is 9.73. The smallest absolute Gasteiger partial charge is 0.226 e. The lowest BCUT2D eigenvalue weighted by Gasteiger charge is -2.36. The molecule has 2 aromatic carbocycles. The molecule has 3 atom stereocenters. The second-order valence-corrected chi connectivity index (χ2v) is 12.2. The van der Waals surface area contributed by atoms with E-state index in [0.717, 1.165) is 50.8 Å². The highest BCUT2D eigenvalue weighted by Gasteiger charge is 2.45. The number of nitrogens with one attached hydrogen (secondary N) is 1. The average Bonchev–Trinajstić information content (AvgIpc) is 3.28. The van der Waals surface area contributed by atoms with Gasteiger partial charge in [0.2, 0.25) is 5.91 Å². The first-order valence-electron chi connectivity index (χ1n) is 14.6. The largest absolute Gasteiger partial charge is 0.496 e. The van der Waals surface area contributed by atoms with Gasteiger partial charge in [0.25, 0.3) is 0 Å². The molecule has 1 aliphatic carbocycles. The fourth-order valence-electron chi connectivity index (χ4n) is 6.39. The number of likely N-dealkylation sites (tertiary alicyclic amines) is 1. The van der Waals surface area contributed by atoms with E-state index >= 15 is 0 Å². The molecule has 0 spiro atoms. The zero-order valence-electron chi connectivity index (χ0n) is 23.8. The Labute approximate surface area is 225 Å². The first-order valence-corrected chi connectivity index (χ1v) is 14.6. The second kappa shape index (κ2) is 12.5. The summed E-state index contributed by atoms with van der Waals surface area (Å²) in [5.41, 5.74) is 3.82. The van der Waals surface area contributed by atoms with E-state index in [9.17, 15) is 4.79 Å². The minimum absolute atomic E-state index is 0.0641. The van der Waals surface area contributed by atoms with Gasteiger partial charge >= 0.3 is 0 Å². The van der Waals surface area contributed by atoms with Crippen molar-refractivity contribution in [1.29, 1.82) is 0 Å². The minimum Gasteiger partial charge on any atom is -0.496 e. The Kier molecular flexibility index (Phi) is 9.34. The maximum atomic E-state index is 14.1. The summed E-state index contributed by atoms with van der Waals surface area (Å²) in [5.74, 6) is 1.50. The van der Waals surface area contributed by atoms with Crippen molar-refractivity contribution >= 4 is 5.91 Å². The summed E-state index contributed by atoms with van der Waals surface area (Å²) in [5, 5.41) is 3.92. The van der Waals surface area contributed by atoms with Gasteiger partial charge in [-0.1, -0.05) is 102 Å². The molecule has 1 N–H and O–H groups in total. The number of carbonyl (C=O) groups excluding carboxylic acids is 1. The highest BCUT2D eigenvalue weighted by atomic mass is 16.5. The van der Waals surface area contributed by atoms with Crippen molar-refractivity contribution in [2.24, 2.45) is 5.92 Å². The molecule has 1 saturated carbocycles. The van der Waals surface area contributed by atoms with Crippen molar-refractivity contribution in [3.05, 3.63) is 65.2 Å². The number of hydrogen-bond acceptors (Lipinski definition) is 3. The maximum Gasteiger partial charge on any atom is 0.226 e. The fraction of sp³-hybridized carbons (Fsp3) is 0.606. The summed E-state index contributed by atoms with van der Waals surface area (Å²) in [6, 6.07) is 17.9. The normalized spacial score (nSPS) is 22.8. The first kappa shape index (κ1) is 27.7. The van der Waals surface area contributed by atoms with Gasteiger partial charge < -0.3 is 15.0 Å². The SMILES string of the molecule is CCCCC1CC(NCc2cc(C(C)(C)C)ccc2OC)C(c2ccccc2)N1C(=O)C1CCCCC1. The molecule has 37 heavy (non-hydrogen) atoms. The quantitative estimate of drug-likeness (QED) is 0.383. The molecule has 1 aliphatic heterocycles. The molecule has 0 radical (unpaired) electrons. The Hall–Kier alpha value is -2.33. The van der Waals surface area contributed by atoms with Gasteiger partial charge in [-0.05, 0) is 48.3 Å². The summed E-state index contributed by atoms with van der Waals surface area (Å²) in [7, 11) is 1.75. The van der Waals surface area contributed by atoms with Crippen LogP contribution in [0.4, 0.5) is 0 Å². The van der Waals surface area contributed by atoms with Gasteiger partial charge in [-0.25, -0.2) is 0 Å². The highest BCUT2D eigenvalue weighted by Crippen LogP contribution is 2.41. The third-order valence-corrected chi connectivity index (χ3v) is 8.54. The van der Waals surface area contributed by atoms with E-state index in [1.54, 1.807) is 7.11 Å². The lowest BCUT2D eigenvalue weighted by molar-refractivity contribution is -0.140. The second-order valence-electron chi connectivity index (χ2n) is 12.2. The van der Waals surface area contributed by atoms with Crippen molar-refractivity contribution in [3.63, 3.8) is 0 Å². The summed E-state index contributed by atoms with van der Waals surface area (Å²) in [6.07, 6.45) is 10.1.